The minimum Gasteiger partial charge on any atom is -0.497 e. The molecule has 2 aromatic carbocycles. The molecule has 2 N–H and O–H groups in total. The summed E-state index contributed by atoms with van der Waals surface area (Å²) in [5, 5.41) is 3.89. The number of anilines is 1. The Morgan fingerprint density at radius 3 is 2.64 bits per heavy atom. The van der Waals surface area contributed by atoms with Crippen LogP contribution in [0.4, 0.5) is 5.69 Å². The van der Waals surface area contributed by atoms with Crippen LogP contribution in [0.2, 0.25) is 0 Å². The third kappa shape index (κ3) is 3.87. The van der Waals surface area contributed by atoms with Crippen LogP contribution in [0.15, 0.2) is 78.1 Å². The number of pyridine rings is 1. The highest BCUT2D eigenvalue weighted by atomic mass is 32.2. The van der Waals surface area contributed by atoms with Crippen molar-refractivity contribution in [1.29, 1.82) is 0 Å². The van der Waals surface area contributed by atoms with Crippen molar-refractivity contribution in [1.82, 2.24) is 9.97 Å². The second kappa shape index (κ2) is 8.19. The van der Waals surface area contributed by atoms with E-state index in [0.717, 1.165) is 33.0 Å². The van der Waals surface area contributed by atoms with E-state index in [9.17, 15) is 4.79 Å². The summed E-state index contributed by atoms with van der Waals surface area (Å²) < 4.78 is 5.16. The molecule has 0 unspecified atom stereocenters. The summed E-state index contributed by atoms with van der Waals surface area (Å²) in [4.78, 5) is 21.2. The minimum atomic E-state index is -0.145. The van der Waals surface area contributed by atoms with Crippen LogP contribution < -0.4 is 10.1 Å². The van der Waals surface area contributed by atoms with E-state index in [2.05, 4.69) is 15.3 Å². The summed E-state index contributed by atoms with van der Waals surface area (Å²) in [6.07, 6.45) is 5.35. The second-order valence-electron chi connectivity index (χ2n) is 6.21. The lowest BCUT2D eigenvalue weighted by Crippen LogP contribution is -2.11. The molecule has 0 atom stereocenters. The molecule has 28 heavy (non-hydrogen) atoms. The largest absolute Gasteiger partial charge is 0.497 e. The molecule has 0 bridgehead atoms. The summed E-state index contributed by atoms with van der Waals surface area (Å²) in [6, 6.07) is 17.3. The van der Waals surface area contributed by atoms with Crippen molar-refractivity contribution in [3.8, 4) is 5.75 Å². The molecule has 0 radical (unpaired) electrons. The molecule has 4 aromatic rings. The number of ether oxygens (including phenoxy) is 1. The number of carbonyl (C=O) groups excluding carboxylic acids is 1. The fourth-order valence-electron chi connectivity index (χ4n) is 2.96. The Hall–Kier alpha value is -3.25. The number of thioether (sulfide) groups is 1. The van der Waals surface area contributed by atoms with Gasteiger partial charge in [-0.25, -0.2) is 0 Å². The fourth-order valence-corrected chi connectivity index (χ4v) is 4.02. The Bertz CT molecular complexity index is 1090. The highest BCUT2D eigenvalue weighted by Gasteiger charge is 2.16. The SMILES string of the molecule is COc1ccc(NC(=O)c2c[nH]c3cccc(SCc4ccncc4)c23)cc1. The molecule has 4 rings (SSSR count). The van der Waals surface area contributed by atoms with Crippen molar-refractivity contribution in [2.24, 2.45) is 0 Å². The smallest absolute Gasteiger partial charge is 0.257 e. The average molecular weight is 389 g/mol. The van der Waals surface area contributed by atoms with E-state index in [1.807, 2.05) is 54.6 Å². The predicted molar refractivity (Wildman–Crippen MR) is 113 cm³/mol. The van der Waals surface area contributed by atoms with Gasteiger partial charge in [-0.2, -0.15) is 0 Å². The van der Waals surface area contributed by atoms with Gasteiger partial charge in [0.15, 0.2) is 0 Å². The Kier molecular flexibility index (Phi) is 5.30. The van der Waals surface area contributed by atoms with Crippen LogP contribution in [0.25, 0.3) is 10.9 Å². The van der Waals surface area contributed by atoms with Gasteiger partial charge in [0.2, 0.25) is 0 Å². The van der Waals surface area contributed by atoms with E-state index in [4.69, 9.17) is 4.74 Å². The molecule has 2 heterocycles. The number of hydrogen-bond acceptors (Lipinski definition) is 4. The molecule has 6 heteroatoms. The van der Waals surface area contributed by atoms with Gasteiger partial charge in [-0.05, 0) is 54.1 Å². The Balaban J connectivity index is 1.59. The number of nitrogens with one attached hydrogen (secondary N) is 2. The Labute approximate surface area is 167 Å². The van der Waals surface area contributed by atoms with Gasteiger partial charge in [0.05, 0.1) is 12.7 Å². The van der Waals surface area contributed by atoms with Gasteiger partial charge < -0.3 is 15.0 Å². The number of methoxy groups -OCH3 is 1. The number of aromatic amines is 1. The summed E-state index contributed by atoms with van der Waals surface area (Å²) in [6.45, 7) is 0. The normalized spacial score (nSPS) is 10.8. The first-order chi connectivity index (χ1) is 13.7. The van der Waals surface area contributed by atoms with Gasteiger partial charge in [-0.15, -0.1) is 11.8 Å². The average Bonchev–Trinajstić information content (AvgIpc) is 3.18. The van der Waals surface area contributed by atoms with Gasteiger partial charge in [0.25, 0.3) is 5.91 Å². The van der Waals surface area contributed by atoms with Crippen LogP contribution >= 0.6 is 11.8 Å². The fraction of sp³-hybridized carbons (Fsp3) is 0.0909. The zero-order valence-electron chi connectivity index (χ0n) is 15.3. The van der Waals surface area contributed by atoms with Crippen molar-refractivity contribution >= 4 is 34.3 Å². The summed E-state index contributed by atoms with van der Waals surface area (Å²) in [7, 11) is 1.62. The molecular weight excluding hydrogens is 370 g/mol. The van der Waals surface area contributed by atoms with Gasteiger partial charge in [0.1, 0.15) is 5.75 Å². The highest BCUT2D eigenvalue weighted by molar-refractivity contribution is 7.98. The number of H-pyrrole nitrogens is 1. The number of fused-ring (bicyclic) bond motifs is 1. The van der Waals surface area contributed by atoms with Gasteiger partial charge in [0, 0.05) is 45.8 Å². The summed E-state index contributed by atoms with van der Waals surface area (Å²) in [5.74, 6) is 1.42. The third-order valence-corrected chi connectivity index (χ3v) is 5.53. The lowest BCUT2D eigenvalue weighted by molar-refractivity contribution is 0.102. The van der Waals surface area contributed by atoms with Crippen molar-refractivity contribution < 1.29 is 9.53 Å². The van der Waals surface area contributed by atoms with Gasteiger partial charge in [-0.3, -0.25) is 9.78 Å². The maximum atomic E-state index is 12.9. The first-order valence-corrected chi connectivity index (χ1v) is 9.80. The highest BCUT2D eigenvalue weighted by Crippen LogP contribution is 2.33. The number of nitrogens with zero attached hydrogens (tertiary/aromatic N) is 1. The van der Waals surface area contributed by atoms with Gasteiger partial charge >= 0.3 is 0 Å². The number of benzene rings is 2. The number of hydrogen-bond donors (Lipinski definition) is 2. The standard InChI is InChI=1S/C22H19N3O2S/c1-27-17-7-5-16(6-8-17)25-22(26)18-13-24-19-3-2-4-20(21(18)19)28-14-15-9-11-23-12-10-15/h2-13,24H,14H2,1H3,(H,25,26). The van der Waals surface area contributed by atoms with E-state index >= 15 is 0 Å². The maximum absolute atomic E-state index is 12.9. The lowest BCUT2D eigenvalue weighted by Gasteiger charge is -2.08. The number of rotatable bonds is 6. The molecule has 2 aromatic heterocycles. The van der Waals surface area contributed by atoms with Crippen molar-refractivity contribution in [3.63, 3.8) is 0 Å². The van der Waals surface area contributed by atoms with Crippen LogP contribution in [0.3, 0.4) is 0 Å². The van der Waals surface area contributed by atoms with Crippen LogP contribution in [0.5, 0.6) is 5.75 Å². The first kappa shape index (κ1) is 18.1. The van der Waals surface area contributed by atoms with Crippen LogP contribution in [-0.4, -0.2) is 23.0 Å². The zero-order chi connectivity index (χ0) is 19.3. The molecule has 0 saturated heterocycles. The van der Waals surface area contributed by atoms with Crippen LogP contribution in [-0.2, 0) is 5.75 Å². The molecular formula is C22H19N3O2S. The first-order valence-electron chi connectivity index (χ1n) is 8.82. The predicted octanol–water partition coefficient (Wildman–Crippen LogP) is 5.12. The third-order valence-electron chi connectivity index (χ3n) is 4.40. The van der Waals surface area contributed by atoms with E-state index in [-0.39, 0.29) is 5.91 Å². The molecule has 140 valence electrons. The monoisotopic (exact) mass is 389 g/mol. The van der Waals surface area contributed by atoms with E-state index in [0.29, 0.717) is 5.56 Å². The van der Waals surface area contributed by atoms with Crippen molar-refractivity contribution in [3.05, 3.63) is 84.3 Å². The maximum Gasteiger partial charge on any atom is 0.257 e. The molecule has 0 spiro atoms. The van der Waals surface area contributed by atoms with E-state index in [1.54, 1.807) is 37.5 Å². The lowest BCUT2D eigenvalue weighted by atomic mass is 10.1. The summed E-state index contributed by atoms with van der Waals surface area (Å²) >= 11 is 1.71. The Morgan fingerprint density at radius 2 is 1.89 bits per heavy atom. The second-order valence-corrected chi connectivity index (χ2v) is 7.22. The molecule has 0 saturated carbocycles. The summed E-state index contributed by atoms with van der Waals surface area (Å²) in [5.41, 5.74) is 3.49. The molecule has 0 aliphatic rings. The molecule has 0 aliphatic carbocycles. The molecule has 1 amide bonds. The van der Waals surface area contributed by atoms with E-state index < -0.39 is 0 Å². The number of aromatic nitrogens is 2. The molecule has 5 nitrogen and oxygen atoms in total. The topological polar surface area (TPSA) is 67.0 Å². The quantitative estimate of drug-likeness (QED) is 0.449. The Morgan fingerprint density at radius 1 is 1.11 bits per heavy atom. The molecule has 0 fully saturated rings. The number of amides is 1. The van der Waals surface area contributed by atoms with E-state index in [1.165, 1.54) is 5.56 Å². The van der Waals surface area contributed by atoms with Crippen LogP contribution in [0.1, 0.15) is 15.9 Å². The molecule has 0 aliphatic heterocycles. The van der Waals surface area contributed by atoms with Crippen molar-refractivity contribution in [2.45, 2.75) is 10.6 Å². The minimum absolute atomic E-state index is 0.145. The van der Waals surface area contributed by atoms with Crippen molar-refractivity contribution in [2.75, 3.05) is 12.4 Å². The van der Waals surface area contributed by atoms with Crippen LogP contribution in [0, 0.1) is 0 Å². The number of carbonyl (C=O) groups is 1. The zero-order valence-corrected chi connectivity index (χ0v) is 16.1. The van der Waals surface area contributed by atoms with Gasteiger partial charge in [-0.1, -0.05) is 6.07 Å².